The third-order valence-corrected chi connectivity index (χ3v) is 3.88. The second-order valence-electron chi connectivity index (χ2n) is 4.09. The van der Waals surface area contributed by atoms with Gasteiger partial charge in [0, 0.05) is 17.8 Å². The number of halogens is 2. The maximum absolute atomic E-state index is 6.20. The van der Waals surface area contributed by atoms with E-state index in [-0.39, 0.29) is 5.38 Å². The summed E-state index contributed by atoms with van der Waals surface area (Å²) in [5, 5.41) is 3.31. The maximum Gasteiger partial charge on any atom is 0.160 e. The molecule has 4 nitrogen and oxygen atoms in total. The third kappa shape index (κ3) is 2.45. The van der Waals surface area contributed by atoms with Crippen molar-refractivity contribution in [3.8, 4) is 0 Å². The summed E-state index contributed by atoms with van der Waals surface area (Å²) in [5.41, 5.74) is 1.54. The molecule has 1 unspecified atom stereocenters. The SMILES string of the molecule is CC(Cl)c1nc2cc(Cl)cnc2n1Cc1nccs1. The van der Waals surface area contributed by atoms with Gasteiger partial charge in [0.1, 0.15) is 16.3 Å². The van der Waals surface area contributed by atoms with Crippen LogP contribution < -0.4 is 0 Å². The molecule has 7 heteroatoms. The normalized spacial score (nSPS) is 13.0. The van der Waals surface area contributed by atoms with E-state index in [0.717, 1.165) is 22.0 Å². The van der Waals surface area contributed by atoms with Gasteiger partial charge in [-0.05, 0) is 13.0 Å². The highest BCUT2D eigenvalue weighted by Crippen LogP contribution is 2.26. The number of thiazole rings is 1. The molecule has 0 fully saturated rings. The number of alkyl halides is 1. The Morgan fingerprint density at radius 2 is 2.26 bits per heavy atom. The first kappa shape index (κ1) is 12.8. The summed E-state index contributed by atoms with van der Waals surface area (Å²) in [6.07, 6.45) is 3.40. The lowest BCUT2D eigenvalue weighted by Gasteiger charge is -2.07. The summed E-state index contributed by atoms with van der Waals surface area (Å²) in [6, 6.07) is 1.80. The molecule has 0 aliphatic rings. The third-order valence-electron chi connectivity index (χ3n) is 2.71. The lowest BCUT2D eigenvalue weighted by molar-refractivity contribution is 0.732. The Hall–Kier alpha value is -1.17. The van der Waals surface area contributed by atoms with Crippen LogP contribution in [0.15, 0.2) is 23.8 Å². The molecule has 98 valence electrons. The predicted octanol–water partition coefficient (Wildman–Crippen LogP) is 3.89. The number of aromatic nitrogens is 4. The van der Waals surface area contributed by atoms with Crippen molar-refractivity contribution in [1.29, 1.82) is 0 Å². The molecule has 1 atom stereocenters. The molecule has 0 saturated carbocycles. The van der Waals surface area contributed by atoms with Crippen LogP contribution >= 0.6 is 34.5 Å². The van der Waals surface area contributed by atoms with Gasteiger partial charge < -0.3 is 4.57 Å². The molecule has 0 aromatic carbocycles. The largest absolute Gasteiger partial charge is 0.305 e. The maximum atomic E-state index is 6.20. The van der Waals surface area contributed by atoms with Crippen LogP contribution in [0.4, 0.5) is 0 Å². The Balaban J connectivity index is 2.16. The fourth-order valence-electron chi connectivity index (χ4n) is 1.93. The summed E-state index contributed by atoms with van der Waals surface area (Å²) in [4.78, 5) is 13.2. The van der Waals surface area contributed by atoms with Gasteiger partial charge in [-0.1, -0.05) is 11.6 Å². The lowest BCUT2D eigenvalue weighted by Crippen LogP contribution is -2.06. The van der Waals surface area contributed by atoms with Crippen molar-refractivity contribution < 1.29 is 0 Å². The van der Waals surface area contributed by atoms with Gasteiger partial charge in [-0.25, -0.2) is 15.0 Å². The average molecular weight is 313 g/mol. The van der Waals surface area contributed by atoms with Crippen LogP contribution in [-0.4, -0.2) is 19.5 Å². The lowest BCUT2D eigenvalue weighted by atomic mass is 10.4. The van der Waals surface area contributed by atoms with E-state index in [9.17, 15) is 0 Å². The summed E-state index contributed by atoms with van der Waals surface area (Å²) < 4.78 is 1.99. The van der Waals surface area contributed by atoms with E-state index in [1.807, 2.05) is 16.9 Å². The highest BCUT2D eigenvalue weighted by molar-refractivity contribution is 7.09. The van der Waals surface area contributed by atoms with Crippen molar-refractivity contribution in [2.24, 2.45) is 0 Å². The van der Waals surface area contributed by atoms with Crippen molar-refractivity contribution in [2.75, 3.05) is 0 Å². The van der Waals surface area contributed by atoms with Crippen LogP contribution in [0.2, 0.25) is 5.02 Å². The number of nitrogens with zero attached hydrogens (tertiary/aromatic N) is 4. The van der Waals surface area contributed by atoms with Crippen molar-refractivity contribution >= 4 is 45.7 Å². The van der Waals surface area contributed by atoms with Gasteiger partial charge in [0.2, 0.25) is 0 Å². The van der Waals surface area contributed by atoms with Crippen molar-refractivity contribution in [3.05, 3.63) is 39.7 Å². The first-order valence-electron chi connectivity index (χ1n) is 5.69. The Morgan fingerprint density at radius 1 is 1.42 bits per heavy atom. The van der Waals surface area contributed by atoms with Crippen LogP contribution in [-0.2, 0) is 6.54 Å². The minimum absolute atomic E-state index is 0.201. The average Bonchev–Trinajstić information content (AvgIpc) is 2.97. The van der Waals surface area contributed by atoms with Crippen LogP contribution in [0.25, 0.3) is 11.2 Å². The van der Waals surface area contributed by atoms with Crippen molar-refractivity contribution in [2.45, 2.75) is 18.8 Å². The van der Waals surface area contributed by atoms with Crippen LogP contribution in [0.5, 0.6) is 0 Å². The molecular weight excluding hydrogens is 303 g/mol. The number of pyridine rings is 1. The van der Waals surface area contributed by atoms with E-state index in [0.29, 0.717) is 11.6 Å². The van der Waals surface area contributed by atoms with E-state index in [1.54, 1.807) is 29.8 Å². The molecule has 0 amide bonds. The zero-order chi connectivity index (χ0) is 13.4. The molecular formula is C12H10Cl2N4S. The molecule has 0 bridgehead atoms. The van der Waals surface area contributed by atoms with Gasteiger partial charge in [-0.15, -0.1) is 22.9 Å². The van der Waals surface area contributed by atoms with E-state index in [2.05, 4.69) is 15.0 Å². The zero-order valence-electron chi connectivity index (χ0n) is 10.0. The summed E-state index contributed by atoms with van der Waals surface area (Å²) >= 11 is 13.7. The number of fused-ring (bicyclic) bond motifs is 1. The number of rotatable bonds is 3. The zero-order valence-corrected chi connectivity index (χ0v) is 12.4. The van der Waals surface area contributed by atoms with Crippen LogP contribution in [0, 0.1) is 0 Å². The second kappa shape index (κ2) is 5.07. The van der Waals surface area contributed by atoms with Crippen LogP contribution in [0.3, 0.4) is 0 Å². The standard InChI is InChI=1S/C12H10Cl2N4S/c1-7(13)11-17-9-4-8(14)5-16-12(9)18(11)6-10-15-2-3-19-10/h2-5,7H,6H2,1H3. The Labute approximate surface area is 124 Å². The van der Waals surface area contributed by atoms with E-state index in [4.69, 9.17) is 23.2 Å². The second-order valence-corrected chi connectivity index (χ2v) is 6.16. The van der Waals surface area contributed by atoms with E-state index >= 15 is 0 Å². The summed E-state index contributed by atoms with van der Waals surface area (Å²) in [6.45, 7) is 2.51. The van der Waals surface area contributed by atoms with Crippen molar-refractivity contribution in [1.82, 2.24) is 19.5 Å². The topological polar surface area (TPSA) is 43.6 Å². The quantitative estimate of drug-likeness (QED) is 0.689. The number of hydrogen-bond donors (Lipinski definition) is 0. The molecule has 3 aromatic heterocycles. The fraction of sp³-hybridized carbons (Fsp3) is 0.250. The summed E-state index contributed by atoms with van der Waals surface area (Å²) in [7, 11) is 0. The van der Waals surface area contributed by atoms with Gasteiger partial charge in [0.05, 0.1) is 16.9 Å². The van der Waals surface area contributed by atoms with Gasteiger partial charge in [-0.3, -0.25) is 0 Å². The highest BCUT2D eigenvalue weighted by atomic mass is 35.5. The Morgan fingerprint density at radius 3 is 2.95 bits per heavy atom. The van der Waals surface area contributed by atoms with Crippen LogP contribution in [0.1, 0.15) is 23.1 Å². The molecule has 0 aliphatic carbocycles. The minimum Gasteiger partial charge on any atom is -0.305 e. The number of hydrogen-bond acceptors (Lipinski definition) is 4. The smallest absolute Gasteiger partial charge is 0.160 e. The number of imidazole rings is 1. The van der Waals surface area contributed by atoms with Gasteiger partial charge in [-0.2, -0.15) is 0 Å². The first-order valence-corrected chi connectivity index (χ1v) is 7.38. The molecule has 19 heavy (non-hydrogen) atoms. The molecule has 3 aromatic rings. The molecule has 0 saturated heterocycles. The monoisotopic (exact) mass is 312 g/mol. The Bertz CT molecular complexity index is 706. The summed E-state index contributed by atoms with van der Waals surface area (Å²) in [5.74, 6) is 0.779. The highest BCUT2D eigenvalue weighted by Gasteiger charge is 2.17. The fourth-order valence-corrected chi connectivity index (χ4v) is 2.85. The molecule has 3 heterocycles. The van der Waals surface area contributed by atoms with Gasteiger partial charge in [0.25, 0.3) is 0 Å². The van der Waals surface area contributed by atoms with Gasteiger partial charge >= 0.3 is 0 Å². The molecule has 0 aliphatic heterocycles. The first-order chi connectivity index (χ1) is 9.15. The molecule has 0 spiro atoms. The van der Waals surface area contributed by atoms with Gasteiger partial charge in [0.15, 0.2) is 5.65 Å². The predicted molar refractivity (Wildman–Crippen MR) is 78.0 cm³/mol. The van der Waals surface area contributed by atoms with E-state index < -0.39 is 0 Å². The molecule has 0 N–H and O–H groups in total. The van der Waals surface area contributed by atoms with E-state index in [1.165, 1.54) is 0 Å². The molecule has 0 radical (unpaired) electrons. The minimum atomic E-state index is -0.201. The Kier molecular flexibility index (Phi) is 3.43. The van der Waals surface area contributed by atoms with Crippen molar-refractivity contribution in [3.63, 3.8) is 0 Å². The molecule has 3 rings (SSSR count).